The SMILES string of the molecule is COCCC(C)Oc1ccc(CBr)cc1Cl. The summed E-state index contributed by atoms with van der Waals surface area (Å²) in [6, 6.07) is 5.82. The van der Waals surface area contributed by atoms with Crippen molar-refractivity contribution in [3.63, 3.8) is 0 Å². The lowest BCUT2D eigenvalue weighted by Gasteiger charge is -2.15. The maximum absolute atomic E-state index is 6.11. The highest BCUT2D eigenvalue weighted by Crippen LogP contribution is 2.27. The number of methoxy groups -OCH3 is 1. The molecule has 0 aliphatic rings. The smallest absolute Gasteiger partial charge is 0.138 e. The molecule has 1 aromatic carbocycles. The standard InChI is InChI=1S/C12H16BrClO2/c1-9(5-6-15-2)16-12-4-3-10(8-13)7-11(12)14/h3-4,7,9H,5-6,8H2,1-2H3. The summed E-state index contributed by atoms with van der Waals surface area (Å²) in [6.45, 7) is 2.70. The fraction of sp³-hybridized carbons (Fsp3) is 0.500. The van der Waals surface area contributed by atoms with Crippen molar-refractivity contribution in [3.05, 3.63) is 28.8 Å². The highest BCUT2D eigenvalue weighted by atomic mass is 79.9. The number of halogens is 2. The third-order valence-corrected chi connectivity index (χ3v) is 3.15. The van der Waals surface area contributed by atoms with Crippen LogP contribution in [0.25, 0.3) is 0 Å². The van der Waals surface area contributed by atoms with E-state index in [-0.39, 0.29) is 6.10 Å². The van der Waals surface area contributed by atoms with Gasteiger partial charge >= 0.3 is 0 Å². The van der Waals surface area contributed by atoms with E-state index in [0.717, 1.165) is 23.1 Å². The third-order valence-electron chi connectivity index (χ3n) is 2.21. The van der Waals surface area contributed by atoms with E-state index < -0.39 is 0 Å². The molecule has 0 saturated heterocycles. The molecule has 90 valence electrons. The van der Waals surface area contributed by atoms with E-state index in [0.29, 0.717) is 11.6 Å². The molecule has 16 heavy (non-hydrogen) atoms. The van der Waals surface area contributed by atoms with E-state index in [2.05, 4.69) is 15.9 Å². The molecule has 4 heteroatoms. The van der Waals surface area contributed by atoms with Crippen molar-refractivity contribution < 1.29 is 9.47 Å². The topological polar surface area (TPSA) is 18.5 Å². The lowest BCUT2D eigenvalue weighted by atomic mass is 10.2. The number of hydrogen-bond acceptors (Lipinski definition) is 2. The van der Waals surface area contributed by atoms with Crippen LogP contribution in [0, 0.1) is 0 Å². The zero-order valence-corrected chi connectivity index (χ0v) is 11.8. The Bertz CT molecular complexity index is 331. The summed E-state index contributed by atoms with van der Waals surface area (Å²) >= 11 is 9.49. The average molecular weight is 308 g/mol. The Morgan fingerprint density at radius 1 is 1.44 bits per heavy atom. The maximum Gasteiger partial charge on any atom is 0.138 e. The second-order valence-corrected chi connectivity index (χ2v) is 4.58. The minimum absolute atomic E-state index is 0.104. The molecule has 0 saturated carbocycles. The first-order valence-corrected chi connectivity index (χ1v) is 6.67. The molecule has 1 rings (SSSR count). The van der Waals surface area contributed by atoms with Gasteiger partial charge in [-0.15, -0.1) is 0 Å². The largest absolute Gasteiger partial charge is 0.489 e. The minimum Gasteiger partial charge on any atom is -0.489 e. The molecule has 2 nitrogen and oxygen atoms in total. The van der Waals surface area contributed by atoms with Crippen LogP contribution in [0.2, 0.25) is 5.02 Å². The van der Waals surface area contributed by atoms with Crippen molar-refractivity contribution in [1.82, 2.24) is 0 Å². The molecule has 0 heterocycles. The summed E-state index contributed by atoms with van der Waals surface area (Å²) in [7, 11) is 1.69. The van der Waals surface area contributed by atoms with Gasteiger partial charge in [-0.05, 0) is 24.6 Å². The van der Waals surface area contributed by atoms with Crippen LogP contribution >= 0.6 is 27.5 Å². The minimum atomic E-state index is 0.104. The molecule has 0 radical (unpaired) electrons. The van der Waals surface area contributed by atoms with E-state index in [9.17, 15) is 0 Å². The highest BCUT2D eigenvalue weighted by Gasteiger charge is 2.07. The first-order valence-electron chi connectivity index (χ1n) is 5.17. The molecule has 0 aromatic heterocycles. The molecule has 1 aromatic rings. The van der Waals surface area contributed by atoms with Crippen LogP contribution < -0.4 is 4.74 Å². The summed E-state index contributed by atoms with van der Waals surface area (Å²) in [5.41, 5.74) is 1.14. The van der Waals surface area contributed by atoms with Crippen LogP contribution in [0.15, 0.2) is 18.2 Å². The quantitative estimate of drug-likeness (QED) is 0.739. The van der Waals surface area contributed by atoms with Crippen LogP contribution in [0.5, 0.6) is 5.75 Å². The van der Waals surface area contributed by atoms with Gasteiger partial charge in [0.2, 0.25) is 0 Å². The van der Waals surface area contributed by atoms with Gasteiger partial charge in [-0.1, -0.05) is 33.6 Å². The predicted molar refractivity (Wildman–Crippen MR) is 70.7 cm³/mol. The highest BCUT2D eigenvalue weighted by molar-refractivity contribution is 9.08. The van der Waals surface area contributed by atoms with Gasteiger partial charge in [-0.2, -0.15) is 0 Å². The van der Waals surface area contributed by atoms with Crippen LogP contribution in [0.1, 0.15) is 18.9 Å². The van der Waals surface area contributed by atoms with Gasteiger partial charge in [-0.3, -0.25) is 0 Å². The fourth-order valence-corrected chi connectivity index (χ4v) is 1.88. The Balaban J connectivity index is 2.59. The molecular formula is C12H16BrClO2. The van der Waals surface area contributed by atoms with Crippen LogP contribution in [-0.2, 0) is 10.1 Å². The van der Waals surface area contributed by atoms with E-state index in [4.69, 9.17) is 21.1 Å². The Morgan fingerprint density at radius 3 is 2.75 bits per heavy atom. The summed E-state index contributed by atoms with van der Waals surface area (Å²) in [6.07, 6.45) is 0.958. The van der Waals surface area contributed by atoms with Gasteiger partial charge in [-0.25, -0.2) is 0 Å². The van der Waals surface area contributed by atoms with Crippen molar-refractivity contribution in [1.29, 1.82) is 0 Å². The second kappa shape index (κ2) is 7.15. The van der Waals surface area contributed by atoms with Gasteiger partial charge < -0.3 is 9.47 Å². The Labute approximate surface area is 110 Å². The third kappa shape index (κ3) is 4.32. The first-order chi connectivity index (χ1) is 7.67. The lowest BCUT2D eigenvalue weighted by molar-refractivity contribution is 0.135. The van der Waals surface area contributed by atoms with Gasteiger partial charge in [0.25, 0.3) is 0 Å². The molecule has 1 unspecified atom stereocenters. The molecule has 0 spiro atoms. The maximum atomic E-state index is 6.11. The van der Waals surface area contributed by atoms with Crippen molar-refractivity contribution in [3.8, 4) is 5.75 Å². The lowest BCUT2D eigenvalue weighted by Crippen LogP contribution is -2.14. The Morgan fingerprint density at radius 2 is 2.19 bits per heavy atom. The van der Waals surface area contributed by atoms with E-state index >= 15 is 0 Å². The van der Waals surface area contributed by atoms with Gasteiger partial charge in [0, 0.05) is 25.5 Å². The number of hydrogen-bond donors (Lipinski definition) is 0. The molecule has 0 N–H and O–H groups in total. The van der Waals surface area contributed by atoms with Crippen molar-refractivity contribution >= 4 is 27.5 Å². The predicted octanol–water partition coefficient (Wildman–Crippen LogP) is 4.04. The number of benzene rings is 1. The first kappa shape index (κ1) is 13.8. The molecule has 0 amide bonds. The van der Waals surface area contributed by atoms with E-state index in [1.54, 1.807) is 7.11 Å². The van der Waals surface area contributed by atoms with Gasteiger partial charge in [0.1, 0.15) is 5.75 Å². The molecule has 0 aliphatic heterocycles. The summed E-state index contributed by atoms with van der Waals surface area (Å²) in [4.78, 5) is 0. The number of ether oxygens (including phenoxy) is 2. The van der Waals surface area contributed by atoms with E-state index in [1.165, 1.54) is 0 Å². The molecule has 1 atom stereocenters. The zero-order chi connectivity index (χ0) is 12.0. The zero-order valence-electron chi connectivity index (χ0n) is 9.50. The van der Waals surface area contributed by atoms with Crippen LogP contribution in [-0.4, -0.2) is 19.8 Å². The summed E-state index contributed by atoms with van der Waals surface area (Å²) in [5, 5.41) is 1.45. The fourth-order valence-electron chi connectivity index (χ4n) is 1.28. The van der Waals surface area contributed by atoms with Crippen LogP contribution in [0.4, 0.5) is 0 Å². The monoisotopic (exact) mass is 306 g/mol. The summed E-state index contributed by atoms with van der Waals surface area (Å²) in [5.74, 6) is 0.731. The molecule has 0 fully saturated rings. The van der Waals surface area contributed by atoms with Gasteiger partial charge in [0.05, 0.1) is 11.1 Å². The van der Waals surface area contributed by atoms with Gasteiger partial charge in [0.15, 0.2) is 0 Å². The van der Waals surface area contributed by atoms with Crippen molar-refractivity contribution in [2.24, 2.45) is 0 Å². The van der Waals surface area contributed by atoms with Crippen LogP contribution in [0.3, 0.4) is 0 Å². The van der Waals surface area contributed by atoms with E-state index in [1.807, 2.05) is 25.1 Å². The molecular weight excluding hydrogens is 291 g/mol. The summed E-state index contributed by atoms with van der Waals surface area (Å²) < 4.78 is 10.7. The van der Waals surface area contributed by atoms with Crippen molar-refractivity contribution in [2.75, 3.05) is 13.7 Å². The second-order valence-electron chi connectivity index (χ2n) is 3.61. The number of alkyl halides is 1. The Hall–Kier alpha value is -0.250. The Kier molecular flexibility index (Phi) is 6.17. The average Bonchev–Trinajstić information content (AvgIpc) is 2.29. The molecule has 0 bridgehead atoms. The normalized spacial score (nSPS) is 12.5. The van der Waals surface area contributed by atoms with Crippen molar-refractivity contribution in [2.45, 2.75) is 24.8 Å². The molecule has 0 aliphatic carbocycles. The number of rotatable bonds is 6.